The molecular formula is C13H11NO2. The highest BCUT2D eigenvalue weighted by Crippen LogP contribution is 2.20. The lowest BCUT2D eigenvalue weighted by Crippen LogP contribution is -2.02. The minimum atomic E-state index is -1.00. The molecular weight excluding hydrogens is 202 g/mol. The van der Waals surface area contributed by atoms with Gasteiger partial charge in [-0.1, -0.05) is 36.4 Å². The summed E-state index contributed by atoms with van der Waals surface area (Å²) in [5.74, 6) is -1.00. The van der Waals surface area contributed by atoms with Crippen LogP contribution in [0, 0.1) is 6.92 Å². The molecule has 3 nitrogen and oxygen atoms in total. The zero-order valence-corrected chi connectivity index (χ0v) is 8.84. The first kappa shape index (κ1) is 10.4. The molecule has 0 amide bonds. The van der Waals surface area contributed by atoms with Gasteiger partial charge in [-0.05, 0) is 18.6 Å². The molecule has 0 saturated carbocycles. The van der Waals surface area contributed by atoms with E-state index in [9.17, 15) is 4.79 Å². The number of carboxylic acid groups (broad SMARTS) is 1. The number of carbonyl (C=O) groups is 1. The molecule has 0 unspecified atom stereocenters. The van der Waals surface area contributed by atoms with E-state index in [0.717, 1.165) is 16.8 Å². The summed E-state index contributed by atoms with van der Waals surface area (Å²) < 4.78 is 0. The average Bonchev–Trinajstić information content (AvgIpc) is 2.30. The number of carboxylic acids is 1. The lowest BCUT2D eigenvalue weighted by molar-refractivity contribution is 0.0690. The van der Waals surface area contributed by atoms with Crippen LogP contribution in [0.15, 0.2) is 42.5 Å². The van der Waals surface area contributed by atoms with Crippen LogP contribution >= 0.6 is 0 Å². The fourth-order valence-corrected chi connectivity index (χ4v) is 1.54. The molecule has 0 atom stereocenters. The molecule has 0 fully saturated rings. The molecule has 0 aliphatic carbocycles. The standard InChI is InChI=1S/C13H11NO2/c1-9-7-8-11(13(15)16)14-12(9)10-5-3-2-4-6-10/h2-8H,1H3,(H,15,16). The first-order valence-electron chi connectivity index (χ1n) is 4.95. The van der Waals surface area contributed by atoms with Crippen molar-refractivity contribution in [2.24, 2.45) is 0 Å². The van der Waals surface area contributed by atoms with Gasteiger partial charge in [0.15, 0.2) is 0 Å². The molecule has 2 aromatic rings. The molecule has 0 aliphatic heterocycles. The SMILES string of the molecule is Cc1ccc(C(=O)O)nc1-c1ccccc1. The quantitative estimate of drug-likeness (QED) is 0.834. The van der Waals surface area contributed by atoms with Crippen molar-refractivity contribution in [3.05, 3.63) is 53.7 Å². The first-order valence-corrected chi connectivity index (χ1v) is 4.95. The van der Waals surface area contributed by atoms with Crippen LogP contribution in [0.5, 0.6) is 0 Å². The number of aromatic carboxylic acids is 1. The van der Waals surface area contributed by atoms with Crippen molar-refractivity contribution in [2.45, 2.75) is 6.92 Å². The van der Waals surface area contributed by atoms with Gasteiger partial charge in [-0.2, -0.15) is 0 Å². The smallest absolute Gasteiger partial charge is 0.354 e. The zero-order chi connectivity index (χ0) is 11.5. The third-order valence-electron chi connectivity index (χ3n) is 2.36. The van der Waals surface area contributed by atoms with E-state index in [-0.39, 0.29) is 5.69 Å². The second-order valence-electron chi connectivity index (χ2n) is 3.53. The van der Waals surface area contributed by atoms with Crippen LogP contribution in [-0.4, -0.2) is 16.1 Å². The van der Waals surface area contributed by atoms with Crippen molar-refractivity contribution in [3.63, 3.8) is 0 Å². The largest absolute Gasteiger partial charge is 0.477 e. The lowest BCUT2D eigenvalue weighted by atomic mass is 10.1. The third-order valence-corrected chi connectivity index (χ3v) is 2.36. The highest BCUT2D eigenvalue weighted by molar-refractivity contribution is 5.86. The van der Waals surface area contributed by atoms with Gasteiger partial charge in [-0.15, -0.1) is 0 Å². The Labute approximate surface area is 93.4 Å². The maximum absolute atomic E-state index is 10.8. The maximum atomic E-state index is 10.8. The molecule has 1 N–H and O–H groups in total. The first-order chi connectivity index (χ1) is 7.68. The number of hydrogen-bond acceptors (Lipinski definition) is 2. The van der Waals surface area contributed by atoms with E-state index in [1.807, 2.05) is 37.3 Å². The number of pyridine rings is 1. The molecule has 16 heavy (non-hydrogen) atoms. The minimum Gasteiger partial charge on any atom is -0.477 e. The van der Waals surface area contributed by atoms with Crippen LogP contribution in [-0.2, 0) is 0 Å². The summed E-state index contributed by atoms with van der Waals surface area (Å²) in [5.41, 5.74) is 2.70. The van der Waals surface area contributed by atoms with E-state index in [1.54, 1.807) is 6.07 Å². The Morgan fingerprint density at radius 2 is 1.81 bits per heavy atom. The van der Waals surface area contributed by atoms with Gasteiger partial charge in [0.1, 0.15) is 5.69 Å². The van der Waals surface area contributed by atoms with Gasteiger partial charge in [0.2, 0.25) is 0 Å². The van der Waals surface area contributed by atoms with E-state index in [2.05, 4.69) is 4.98 Å². The van der Waals surface area contributed by atoms with Crippen LogP contribution < -0.4 is 0 Å². The lowest BCUT2D eigenvalue weighted by Gasteiger charge is -2.05. The molecule has 1 aromatic carbocycles. The average molecular weight is 213 g/mol. The summed E-state index contributed by atoms with van der Waals surface area (Å²) in [6, 6.07) is 12.9. The van der Waals surface area contributed by atoms with Crippen LogP contribution in [0.3, 0.4) is 0 Å². The Morgan fingerprint density at radius 1 is 1.12 bits per heavy atom. The molecule has 80 valence electrons. The van der Waals surface area contributed by atoms with Gasteiger partial charge in [0.05, 0.1) is 5.69 Å². The molecule has 0 saturated heterocycles. The Bertz CT molecular complexity index is 521. The topological polar surface area (TPSA) is 50.2 Å². The number of aromatic nitrogens is 1. The van der Waals surface area contributed by atoms with Crippen molar-refractivity contribution >= 4 is 5.97 Å². The number of aryl methyl sites for hydroxylation is 1. The Kier molecular flexibility index (Phi) is 2.68. The number of benzene rings is 1. The summed E-state index contributed by atoms with van der Waals surface area (Å²) in [5, 5.41) is 8.88. The molecule has 0 spiro atoms. The number of hydrogen-bond donors (Lipinski definition) is 1. The molecule has 3 heteroatoms. The summed E-state index contributed by atoms with van der Waals surface area (Å²) in [6.45, 7) is 1.92. The van der Waals surface area contributed by atoms with Crippen molar-refractivity contribution < 1.29 is 9.90 Å². The predicted octanol–water partition coefficient (Wildman–Crippen LogP) is 2.76. The maximum Gasteiger partial charge on any atom is 0.354 e. The van der Waals surface area contributed by atoms with E-state index < -0.39 is 5.97 Å². The Morgan fingerprint density at radius 3 is 2.44 bits per heavy atom. The van der Waals surface area contributed by atoms with E-state index in [0.29, 0.717) is 0 Å². The van der Waals surface area contributed by atoms with E-state index >= 15 is 0 Å². The predicted molar refractivity (Wildman–Crippen MR) is 61.4 cm³/mol. The van der Waals surface area contributed by atoms with Crippen LogP contribution in [0.1, 0.15) is 16.1 Å². The molecule has 0 bridgehead atoms. The molecule has 1 aromatic heterocycles. The third kappa shape index (κ3) is 1.93. The highest BCUT2D eigenvalue weighted by Gasteiger charge is 2.09. The molecule has 0 radical (unpaired) electrons. The fraction of sp³-hybridized carbons (Fsp3) is 0.0769. The second kappa shape index (κ2) is 4.14. The number of nitrogens with zero attached hydrogens (tertiary/aromatic N) is 1. The van der Waals surface area contributed by atoms with Gasteiger partial charge in [0.25, 0.3) is 0 Å². The van der Waals surface area contributed by atoms with Gasteiger partial charge in [-0.25, -0.2) is 9.78 Å². The van der Waals surface area contributed by atoms with E-state index in [4.69, 9.17) is 5.11 Å². The van der Waals surface area contributed by atoms with E-state index in [1.165, 1.54) is 6.07 Å². The highest BCUT2D eigenvalue weighted by atomic mass is 16.4. The van der Waals surface area contributed by atoms with Crippen molar-refractivity contribution in [1.82, 2.24) is 4.98 Å². The van der Waals surface area contributed by atoms with Crippen molar-refractivity contribution in [3.8, 4) is 11.3 Å². The molecule has 1 heterocycles. The monoisotopic (exact) mass is 213 g/mol. The Hall–Kier alpha value is -2.16. The number of rotatable bonds is 2. The Balaban J connectivity index is 2.56. The van der Waals surface area contributed by atoms with Gasteiger partial charge in [-0.3, -0.25) is 0 Å². The summed E-state index contributed by atoms with van der Waals surface area (Å²) in [7, 11) is 0. The van der Waals surface area contributed by atoms with Gasteiger partial charge >= 0.3 is 5.97 Å². The zero-order valence-electron chi connectivity index (χ0n) is 8.84. The van der Waals surface area contributed by atoms with Crippen LogP contribution in [0.2, 0.25) is 0 Å². The fourth-order valence-electron chi connectivity index (χ4n) is 1.54. The molecule has 0 aliphatic rings. The minimum absolute atomic E-state index is 0.0736. The normalized spacial score (nSPS) is 10.1. The van der Waals surface area contributed by atoms with Crippen LogP contribution in [0.25, 0.3) is 11.3 Å². The van der Waals surface area contributed by atoms with Gasteiger partial charge in [0, 0.05) is 5.56 Å². The summed E-state index contributed by atoms with van der Waals surface area (Å²) in [4.78, 5) is 15.0. The van der Waals surface area contributed by atoms with Crippen LogP contribution in [0.4, 0.5) is 0 Å². The molecule has 2 rings (SSSR count). The van der Waals surface area contributed by atoms with Crippen molar-refractivity contribution in [1.29, 1.82) is 0 Å². The summed E-state index contributed by atoms with van der Waals surface area (Å²) in [6.07, 6.45) is 0. The summed E-state index contributed by atoms with van der Waals surface area (Å²) >= 11 is 0. The van der Waals surface area contributed by atoms with Gasteiger partial charge < -0.3 is 5.11 Å². The second-order valence-corrected chi connectivity index (χ2v) is 3.53. The van der Waals surface area contributed by atoms with Crippen molar-refractivity contribution in [2.75, 3.05) is 0 Å².